The van der Waals surface area contributed by atoms with Crippen LogP contribution >= 0.6 is 12.4 Å². The Morgan fingerprint density at radius 1 is 1.53 bits per heavy atom. The van der Waals surface area contributed by atoms with Crippen molar-refractivity contribution in [1.82, 2.24) is 5.32 Å². The van der Waals surface area contributed by atoms with Crippen LogP contribution < -0.4 is 15.8 Å². The van der Waals surface area contributed by atoms with Crippen LogP contribution in [0, 0.1) is 12.7 Å². The lowest BCUT2D eigenvalue weighted by atomic mass is 10.2. The minimum absolute atomic E-state index is 0. The summed E-state index contributed by atoms with van der Waals surface area (Å²) >= 11 is 0. The molecule has 0 aliphatic heterocycles. The zero-order chi connectivity index (χ0) is 12.0. The molecular weight excluding hydrogens is 247 g/mol. The quantitative estimate of drug-likeness (QED) is 0.832. The summed E-state index contributed by atoms with van der Waals surface area (Å²) in [5, 5.41) is 2.53. The van der Waals surface area contributed by atoms with E-state index in [0.29, 0.717) is 13.1 Å². The normalized spacial score (nSPS) is 9.35. The number of nitrogens with one attached hydrogen (secondary N) is 1. The molecule has 0 atom stereocenters. The lowest BCUT2D eigenvalue weighted by Gasteiger charge is -2.08. The van der Waals surface area contributed by atoms with E-state index in [-0.39, 0.29) is 30.7 Å². The van der Waals surface area contributed by atoms with E-state index in [2.05, 4.69) is 5.32 Å². The number of rotatable bonds is 5. The molecule has 1 amide bonds. The maximum Gasteiger partial charge on any atom is 0.257 e. The number of hydrogen-bond donors (Lipinski definition) is 2. The van der Waals surface area contributed by atoms with Gasteiger partial charge in [0.1, 0.15) is 0 Å². The Balaban J connectivity index is 0.00000256. The summed E-state index contributed by atoms with van der Waals surface area (Å²) in [5.41, 5.74) is 6.09. The summed E-state index contributed by atoms with van der Waals surface area (Å²) in [5.74, 6) is -0.702. The molecule has 0 spiro atoms. The molecule has 0 saturated carbocycles. The number of ether oxygens (including phenoxy) is 1. The minimum atomic E-state index is -0.475. The highest BCUT2D eigenvalue weighted by Crippen LogP contribution is 2.17. The van der Waals surface area contributed by atoms with Gasteiger partial charge in [0.2, 0.25) is 0 Å². The second kappa shape index (κ2) is 7.86. The molecule has 1 rings (SSSR count). The van der Waals surface area contributed by atoms with Crippen LogP contribution in [-0.4, -0.2) is 25.6 Å². The number of amides is 1. The first-order chi connectivity index (χ1) is 7.63. The number of carbonyl (C=O) groups excluding carboxylic acids is 1. The summed E-state index contributed by atoms with van der Waals surface area (Å²) in [4.78, 5) is 11.2. The Morgan fingerprint density at radius 3 is 2.88 bits per heavy atom. The second-order valence-electron chi connectivity index (χ2n) is 3.36. The first kappa shape index (κ1) is 15.7. The first-order valence-electron chi connectivity index (χ1n) is 4.99. The fraction of sp³-hybridized carbons (Fsp3) is 0.364. The standard InChI is InChI=1S/C11H15FN2O2.ClH/c1-8-2-3-9(12)10(6-8)16-7-11(15)14-5-4-13;/h2-3,6H,4-5,7,13H2,1H3,(H,14,15);1H. The van der Waals surface area contributed by atoms with Gasteiger partial charge in [-0.15, -0.1) is 12.4 Å². The van der Waals surface area contributed by atoms with E-state index in [1.54, 1.807) is 12.1 Å². The summed E-state index contributed by atoms with van der Waals surface area (Å²) < 4.78 is 18.2. The monoisotopic (exact) mass is 262 g/mol. The van der Waals surface area contributed by atoms with Crippen molar-refractivity contribution in [2.45, 2.75) is 6.92 Å². The molecule has 4 nitrogen and oxygen atoms in total. The highest BCUT2D eigenvalue weighted by molar-refractivity contribution is 5.85. The third-order valence-corrected chi connectivity index (χ3v) is 1.91. The van der Waals surface area contributed by atoms with Crippen molar-refractivity contribution >= 4 is 18.3 Å². The minimum Gasteiger partial charge on any atom is -0.481 e. The maximum absolute atomic E-state index is 13.2. The van der Waals surface area contributed by atoms with Gasteiger partial charge in [0.25, 0.3) is 5.91 Å². The van der Waals surface area contributed by atoms with Gasteiger partial charge < -0.3 is 15.8 Å². The smallest absolute Gasteiger partial charge is 0.257 e. The Morgan fingerprint density at radius 2 is 2.24 bits per heavy atom. The molecule has 0 radical (unpaired) electrons. The number of aryl methyl sites for hydroxylation is 1. The highest BCUT2D eigenvalue weighted by atomic mass is 35.5. The van der Waals surface area contributed by atoms with Crippen molar-refractivity contribution in [3.8, 4) is 5.75 Å². The fourth-order valence-corrected chi connectivity index (χ4v) is 1.13. The summed E-state index contributed by atoms with van der Waals surface area (Å²) in [6.07, 6.45) is 0. The van der Waals surface area contributed by atoms with Crippen LogP contribution in [0.4, 0.5) is 4.39 Å². The molecule has 0 unspecified atom stereocenters. The van der Waals surface area contributed by atoms with Crippen LogP contribution in [0.15, 0.2) is 18.2 Å². The zero-order valence-corrected chi connectivity index (χ0v) is 10.3. The van der Waals surface area contributed by atoms with E-state index < -0.39 is 5.82 Å². The number of benzene rings is 1. The first-order valence-corrected chi connectivity index (χ1v) is 4.99. The van der Waals surface area contributed by atoms with Gasteiger partial charge in [-0.05, 0) is 24.6 Å². The largest absolute Gasteiger partial charge is 0.481 e. The Bertz CT molecular complexity index is 374. The van der Waals surface area contributed by atoms with Crippen molar-refractivity contribution in [3.05, 3.63) is 29.6 Å². The Hall–Kier alpha value is -1.33. The molecule has 0 heterocycles. The zero-order valence-electron chi connectivity index (χ0n) is 9.53. The van der Waals surface area contributed by atoms with Crippen LogP contribution in [-0.2, 0) is 4.79 Å². The number of hydrogen-bond acceptors (Lipinski definition) is 3. The number of carbonyl (C=O) groups is 1. The predicted octanol–water partition coefficient (Wildman–Crippen LogP) is 1.01. The highest BCUT2D eigenvalue weighted by Gasteiger charge is 2.06. The van der Waals surface area contributed by atoms with Crippen LogP contribution in [0.25, 0.3) is 0 Å². The molecule has 0 aromatic heterocycles. The van der Waals surface area contributed by atoms with Gasteiger partial charge >= 0.3 is 0 Å². The molecule has 0 fully saturated rings. The average Bonchev–Trinajstić information content (AvgIpc) is 2.27. The van der Waals surface area contributed by atoms with E-state index in [4.69, 9.17) is 10.5 Å². The van der Waals surface area contributed by atoms with E-state index in [1.807, 2.05) is 6.92 Å². The van der Waals surface area contributed by atoms with E-state index in [1.165, 1.54) is 6.07 Å². The predicted molar refractivity (Wildman–Crippen MR) is 65.9 cm³/mol. The van der Waals surface area contributed by atoms with Gasteiger partial charge in [-0.3, -0.25) is 4.79 Å². The molecule has 0 aliphatic rings. The van der Waals surface area contributed by atoms with Crippen molar-refractivity contribution < 1.29 is 13.9 Å². The van der Waals surface area contributed by atoms with Gasteiger partial charge in [0.05, 0.1) is 0 Å². The van der Waals surface area contributed by atoms with Crippen LogP contribution in [0.1, 0.15) is 5.56 Å². The lowest BCUT2D eigenvalue weighted by molar-refractivity contribution is -0.123. The fourth-order valence-electron chi connectivity index (χ4n) is 1.13. The van der Waals surface area contributed by atoms with E-state index in [0.717, 1.165) is 5.56 Å². The van der Waals surface area contributed by atoms with E-state index in [9.17, 15) is 9.18 Å². The molecule has 1 aromatic carbocycles. The van der Waals surface area contributed by atoms with Gasteiger partial charge in [-0.2, -0.15) is 0 Å². The maximum atomic E-state index is 13.2. The lowest BCUT2D eigenvalue weighted by Crippen LogP contribution is -2.33. The van der Waals surface area contributed by atoms with Crippen LogP contribution in [0.5, 0.6) is 5.75 Å². The molecule has 96 valence electrons. The SMILES string of the molecule is Cc1ccc(F)c(OCC(=O)NCCN)c1.Cl. The Kier molecular flexibility index (Phi) is 7.25. The van der Waals surface area contributed by atoms with E-state index >= 15 is 0 Å². The summed E-state index contributed by atoms with van der Waals surface area (Å²) in [6.45, 7) is 2.37. The van der Waals surface area contributed by atoms with Crippen molar-refractivity contribution in [2.75, 3.05) is 19.7 Å². The third kappa shape index (κ3) is 5.51. The number of nitrogens with two attached hydrogens (primary N) is 1. The topological polar surface area (TPSA) is 64.3 Å². The van der Waals surface area contributed by atoms with Gasteiger partial charge in [0.15, 0.2) is 18.2 Å². The van der Waals surface area contributed by atoms with Crippen molar-refractivity contribution in [1.29, 1.82) is 0 Å². The molecule has 6 heteroatoms. The Labute approximate surface area is 106 Å². The molecule has 0 aliphatic carbocycles. The third-order valence-electron chi connectivity index (χ3n) is 1.91. The van der Waals surface area contributed by atoms with Crippen LogP contribution in [0.3, 0.4) is 0 Å². The molecule has 3 N–H and O–H groups in total. The molecule has 0 bridgehead atoms. The van der Waals surface area contributed by atoms with Gasteiger partial charge in [-0.25, -0.2) is 4.39 Å². The number of halogens is 2. The summed E-state index contributed by atoms with van der Waals surface area (Å²) in [7, 11) is 0. The van der Waals surface area contributed by atoms with Crippen LogP contribution in [0.2, 0.25) is 0 Å². The summed E-state index contributed by atoms with van der Waals surface area (Å²) in [6, 6.07) is 4.49. The van der Waals surface area contributed by atoms with Crippen molar-refractivity contribution in [3.63, 3.8) is 0 Å². The molecule has 0 saturated heterocycles. The molecule has 17 heavy (non-hydrogen) atoms. The molecule has 1 aromatic rings. The average molecular weight is 263 g/mol. The van der Waals surface area contributed by atoms with Crippen molar-refractivity contribution in [2.24, 2.45) is 5.73 Å². The second-order valence-corrected chi connectivity index (χ2v) is 3.36. The van der Waals surface area contributed by atoms with Gasteiger partial charge in [-0.1, -0.05) is 6.07 Å². The molecular formula is C11H16ClFN2O2. The van der Waals surface area contributed by atoms with Gasteiger partial charge in [0, 0.05) is 13.1 Å².